The molecule has 3 rings (SSSR count). The normalized spacial score (nSPS) is 21.7. The van der Waals surface area contributed by atoms with Crippen LogP contribution in [0.1, 0.15) is 44.1 Å². The maximum absolute atomic E-state index is 12.4. The predicted molar refractivity (Wildman–Crippen MR) is 91.7 cm³/mol. The maximum Gasteiger partial charge on any atom is 0.246 e. The molecular formula is C18H25N3O2. The van der Waals surface area contributed by atoms with Crippen LogP contribution in [-0.4, -0.2) is 30.9 Å². The molecule has 5 heteroatoms. The molecule has 0 aromatic heterocycles. The topological polar surface area (TPSA) is 61.4 Å². The summed E-state index contributed by atoms with van der Waals surface area (Å²) >= 11 is 0. The SMILES string of the molecule is Cc1ccc(N2CCCCC2)cc1NC(=O)[C@H]1CCCC(=O)N1. The summed E-state index contributed by atoms with van der Waals surface area (Å²) in [5, 5.41) is 5.77. The van der Waals surface area contributed by atoms with Crippen LogP contribution in [-0.2, 0) is 9.59 Å². The van der Waals surface area contributed by atoms with Crippen molar-refractivity contribution in [2.75, 3.05) is 23.3 Å². The van der Waals surface area contributed by atoms with Crippen molar-refractivity contribution in [2.24, 2.45) is 0 Å². The number of nitrogens with one attached hydrogen (secondary N) is 2. The third kappa shape index (κ3) is 3.84. The average molecular weight is 315 g/mol. The van der Waals surface area contributed by atoms with E-state index in [0.29, 0.717) is 12.8 Å². The van der Waals surface area contributed by atoms with E-state index in [1.165, 1.54) is 24.9 Å². The third-order valence-corrected chi connectivity index (χ3v) is 4.75. The Labute approximate surface area is 137 Å². The van der Waals surface area contributed by atoms with Crippen LogP contribution < -0.4 is 15.5 Å². The van der Waals surface area contributed by atoms with Gasteiger partial charge in [0.25, 0.3) is 0 Å². The molecule has 2 amide bonds. The maximum atomic E-state index is 12.4. The second kappa shape index (κ2) is 7.02. The summed E-state index contributed by atoms with van der Waals surface area (Å²) in [6.07, 6.45) is 5.76. The summed E-state index contributed by atoms with van der Waals surface area (Å²) in [4.78, 5) is 26.2. The second-order valence-corrected chi connectivity index (χ2v) is 6.55. The fraction of sp³-hybridized carbons (Fsp3) is 0.556. The van der Waals surface area contributed by atoms with Crippen molar-refractivity contribution in [3.63, 3.8) is 0 Å². The lowest BCUT2D eigenvalue weighted by atomic mass is 10.0. The van der Waals surface area contributed by atoms with E-state index in [2.05, 4.69) is 33.7 Å². The molecule has 0 bridgehead atoms. The lowest BCUT2D eigenvalue weighted by Gasteiger charge is -2.29. The lowest BCUT2D eigenvalue weighted by molar-refractivity contribution is -0.128. The van der Waals surface area contributed by atoms with Gasteiger partial charge in [0, 0.05) is 30.9 Å². The van der Waals surface area contributed by atoms with Gasteiger partial charge in [-0.2, -0.15) is 0 Å². The Balaban J connectivity index is 1.71. The molecule has 5 nitrogen and oxygen atoms in total. The first-order valence-electron chi connectivity index (χ1n) is 8.59. The minimum absolute atomic E-state index is 0.0322. The Kier molecular flexibility index (Phi) is 4.84. The van der Waals surface area contributed by atoms with E-state index in [-0.39, 0.29) is 11.8 Å². The molecule has 0 aliphatic carbocycles. The van der Waals surface area contributed by atoms with E-state index >= 15 is 0 Å². The number of hydrogen-bond acceptors (Lipinski definition) is 3. The molecule has 2 aliphatic heterocycles. The van der Waals surface area contributed by atoms with Crippen molar-refractivity contribution < 1.29 is 9.59 Å². The van der Waals surface area contributed by atoms with Gasteiger partial charge in [0.1, 0.15) is 6.04 Å². The Bertz CT molecular complexity index is 594. The molecule has 2 aliphatic rings. The predicted octanol–water partition coefficient (Wildman–Crippen LogP) is 2.59. The van der Waals surface area contributed by atoms with Gasteiger partial charge >= 0.3 is 0 Å². The Morgan fingerprint density at radius 3 is 2.74 bits per heavy atom. The molecule has 23 heavy (non-hydrogen) atoms. The van der Waals surface area contributed by atoms with Crippen molar-refractivity contribution in [1.29, 1.82) is 0 Å². The third-order valence-electron chi connectivity index (χ3n) is 4.75. The zero-order valence-corrected chi connectivity index (χ0v) is 13.7. The van der Waals surface area contributed by atoms with Gasteiger partial charge in [0.15, 0.2) is 0 Å². The summed E-state index contributed by atoms with van der Waals surface area (Å²) in [7, 11) is 0. The van der Waals surface area contributed by atoms with Gasteiger partial charge in [-0.05, 0) is 56.7 Å². The molecule has 2 heterocycles. The number of anilines is 2. The van der Waals surface area contributed by atoms with Crippen molar-refractivity contribution in [3.8, 4) is 0 Å². The van der Waals surface area contributed by atoms with E-state index < -0.39 is 6.04 Å². The van der Waals surface area contributed by atoms with Gasteiger partial charge in [-0.25, -0.2) is 0 Å². The van der Waals surface area contributed by atoms with Crippen LogP contribution in [0.3, 0.4) is 0 Å². The standard InChI is InChI=1S/C18H25N3O2/c1-13-8-9-14(21-10-3-2-4-11-21)12-16(13)20-18(23)15-6-5-7-17(22)19-15/h8-9,12,15H,2-7,10-11H2,1H3,(H,19,22)(H,20,23)/t15-/m1/s1. The highest BCUT2D eigenvalue weighted by Gasteiger charge is 2.25. The number of carbonyl (C=O) groups excluding carboxylic acids is 2. The van der Waals surface area contributed by atoms with E-state index in [1.807, 2.05) is 6.92 Å². The van der Waals surface area contributed by atoms with Crippen LogP contribution in [0.5, 0.6) is 0 Å². The van der Waals surface area contributed by atoms with Crippen LogP contribution in [0.2, 0.25) is 0 Å². The average Bonchev–Trinajstić information content (AvgIpc) is 2.57. The number of hydrogen-bond donors (Lipinski definition) is 2. The number of rotatable bonds is 3. The number of aryl methyl sites for hydroxylation is 1. The van der Waals surface area contributed by atoms with Crippen LogP contribution in [0.15, 0.2) is 18.2 Å². The van der Waals surface area contributed by atoms with Crippen molar-refractivity contribution >= 4 is 23.2 Å². The quantitative estimate of drug-likeness (QED) is 0.901. The van der Waals surface area contributed by atoms with Crippen molar-refractivity contribution in [3.05, 3.63) is 23.8 Å². The first kappa shape index (κ1) is 15.8. The highest BCUT2D eigenvalue weighted by molar-refractivity contribution is 5.98. The molecule has 2 N–H and O–H groups in total. The zero-order chi connectivity index (χ0) is 16.2. The van der Waals surface area contributed by atoms with Crippen LogP contribution in [0.4, 0.5) is 11.4 Å². The summed E-state index contributed by atoms with van der Waals surface area (Å²) in [5.41, 5.74) is 3.05. The molecule has 0 radical (unpaired) electrons. The van der Waals surface area contributed by atoms with Crippen LogP contribution in [0, 0.1) is 6.92 Å². The molecule has 1 aromatic rings. The summed E-state index contributed by atoms with van der Waals surface area (Å²) in [6.45, 7) is 4.15. The molecule has 1 atom stereocenters. The molecule has 1 aromatic carbocycles. The molecule has 0 spiro atoms. The number of benzene rings is 1. The minimum atomic E-state index is -0.408. The highest BCUT2D eigenvalue weighted by Crippen LogP contribution is 2.26. The molecular weight excluding hydrogens is 290 g/mol. The Morgan fingerprint density at radius 1 is 1.22 bits per heavy atom. The van der Waals surface area contributed by atoms with Crippen molar-refractivity contribution in [1.82, 2.24) is 5.32 Å². The van der Waals surface area contributed by atoms with Gasteiger partial charge in [-0.15, -0.1) is 0 Å². The monoisotopic (exact) mass is 315 g/mol. The first-order valence-corrected chi connectivity index (χ1v) is 8.59. The van der Waals surface area contributed by atoms with Gasteiger partial charge < -0.3 is 15.5 Å². The Morgan fingerprint density at radius 2 is 2.00 bits per heavy atom. The van der Waals surface area contributed by atoms with Gasteiger partial charge in [-0.3, -0.25) is 9.59 Å². The summed E-state index contributed by atoms with van der Waals surface area (Å²) in [5.74, 6) is -0.146. The van der Waals surface area contributed by atoms with Crippen LogP contribution >= 0.6 is 0 Å². The fourth-order valence-corrected chi connectivity index (χ4v) is 3.32. The summed E-state index contributed by atoms with van der Waals surface area (Å²) < 4.78 is 0. The van der Waals surface area contributed by atoms with E-state index in [4.69, 9.17) is 0 Å². The minimum Gasteiger partial charge on any atom is -0.371 e. The Hall–Kier alpha value is -2.04. The smallest absolute Gasteiger partial charge is 0.246 e. The molecule has 124 valence electrons. The van der Waals surface area contributed by atoms with Gasteiger partial charge in [0.05, 0.1) is 0 Å². The first-order chi connectivity index (χ1) is 11.1. The molecule has 2 saturated heterocycles. The van der Waals surface area contributed by atoms with E-state index in [0.717, 1.165) is 30.8 Å². The largest absolute Gasteiger partial charge is 0.371 e. The fourth-order valence-electron chi connectivity index (χ4n) is 3.32. The van der Waals surface area contributed by atoms with Gasteiger partial charge in [0.2, 0.25) is 11.8 Å². The van der Waals surface area contributed by atoms with Crippen LogP contribution in [0.25, 0.3) is 0 Å². The summed E-state index contributed by atoms with van der Waals surface area (Å²) in [6, 6.07) is 5.83. The van der Waals surface area contributed by atoms with E-state index in [9.17, 15) is 9.59 Å². The zero-order valence-electron chi connectivity index (χ0n) is 13.7. The number of carbonyl (C=O) groups is 2. The molecule has 0 unspecified atom stereocenters. The second-order valence-electron chi connectivity index (χ2n) is 6.55. The molecule has 2 fully saturated rings. The van der Waals surface area contributed by atoms with Crippen molar-refractivity contribution in [2.45, 2.75) is 51.5 Å². The van der Waals surface area contributed by atoms with E-state index in [1.54, 1.807) is 0 Å². The lowest BCUT2D eigenvalue weighted by Crippen LogP contribution is -2.46. The number of piperidine rings is 2. The van der Waals surface area contributed by atoms with Gasteiger partial charge in [-0.1, -0.05) is 6.07 Å². The number of amides is 2. The number of nitrogens with zero attached hydrogens (tertiary/aromatic N) is 1. The highest BCUT2D eigenvalue weighted by atomic mass is 16.2. The molecule has 0 saturated carbocycles.